The molecule has 1 aromatic heterocycles. The molecule has 1 aromatic carbocycles. The molecule has 0 radical (unpaired) electrons. The van der Waals surface area contributed by atoms with Crippen LogP contribution in [0.15, 0.2) is 35.5 Å². The fourth-order valence-corrected chi connectivity index (χ4v) is 2.16. The second-order valence-electron chi connectivity index (χ2n) is 4.03. The van der Waals surface area contributed by atoms with Gasteiger partial charge in [-0.1, -0.05) is 31.5 Å². The number of benzene rings is 1. The number of carbonyl (C=O) groups excluding carboxylic acids is 1. The topological polar surface area (TPSA) is 70.7 Å². The summed E-state index contributed by atoms with van der Waals surface area (Å²) < 4.78 is 0. The molecule has 6 heteroatoms. The molecule has 0 saturated heterocycles. The van der Waals surface area contributed by atoms with E-state index in [2.05, 4.69) is 27.4 Å². The summed E-state index contributed by atoms with van der Waals surface area (Å²) in [4.78, 5) is 15.8. The van der Waals surface area contributed by atoms with Crippen LogP contribution < -0.4 is 5.32 Å². The van der Waals surface area contributed by atoms with Gasteiger partial charge in [-0.2, -0.15) is 4.98 Å². The van der Waals surface area contributed by atoms with Crippen molar-refractivity contribution in [3.63, 3.8) is 0 Å². The average Bonchev–Trinajstić information content (AvgIpc) is 2.85. The third-order valence-electron chi connectivity index (χ3n) is 2.44. The minimum atomic E-state index is 0.115. The number of aromatic nitrogens is 3. The van der Waals surface area contributed by atoms with Crippen molar-refractivity contribution in [3.8, 4) is 0 Å². The molecule has 2 aromatic rings. The van der Waals surface area contributed by atoms with Crippen LogP contribution >= 0.6 is 11.8 Å². The number of H-pyrrole nitrogens is 1. The van der Waals surface area contributed by atoms with Gasteiger partial charge in [0.15, 0.2) is 10.3 Å². The Balaban J connectivity index is 1.90. The Kier molecular flexibility index (Phi) is 4.97. The van der Waals surface area contributed by atoms with Crippen LogP contribution in [0.5, 0.6) is 0 Å². The molecule has 0 spiro atoms. The summed E-state index contributed by atoms with van der Waals surface area (Å²) in [5, 5.41) is 10.5. The number of thioether (sulfide) groups is 1. The summed E-state index contributed by atoms with van der Waals surface area (Å²) in [6, 6.07) is 9.65. The summed E-state index contributed by atoms with van der Waals surface area (Å²) in [7, 11) is 0. The highest BCUT2D eigenvalue weighted by Crippen LogP contribution is 2.19. The molecule has 100 valence electrons. The molecule has 1 heterocycles. The Bertz CT molecular complexity index is 526. The third kappa shape index (κ3) is 4.40. The smallest absolute Gasteiger partial charge is 0.247 e. The van der Waals surface area contributed by atoms with Gasteiger partial charge in [-0.3, -0.25) is 9.89 Å². The summed E-state index contributed by atoms with van der Waals surface area (Å²) >= 11 is 1.11. The molecule has 0 unspecified atom stereocenters. The first-order chi connectivity index (χ1) is 9.28. The van der Waals surface area contributed by atoms with Crippen LogP contribution in [0, 0.1) is 0 Å². The predicted molar refractivity (Wildman–Crippen MR) is 76.5 cm³/mol. The first-order valence-corrected chi connectivity index (χ1v) is 7.04. The maximum Gasteiger partial charge on any atom is 0.247 e. The van der Waals surface area contributed by atoms with Crippen molar-refractivity contribution in [2.45, 2.75) is 31.3 Å². The van der Waals surface area contributed by atoms with E-state index in [4.69, 9.17) is 0 Å². The molecule has 0 bridgehead atoms. The SMILES string of the molecule is CCCCC(=O)Sc1nc(Nc2ccccc2)n[nH]1. The zero-order chi connectivity index (χ0) is 13.5. The molecule has 0 aliphatic rings. The minimum Gasteiger partial charge on any atom is -0.323 e. The molecule has 0 atom stereocenters. The van der Waals surface area contributed by atoms with Crippen LogP contribution in [0.3, 0.4) is 0 Å². The Morgan fingerprint density at radius 1 is 1.37 bits per heavy atom. The van der Waals surface area contributed by atoms with Gasteiger partial charge in [-0.25, -0.2) is 0 Å². The highest BCUT2D eigenvalue weighted by atomic mass is 32.2. The van der Waals surface area contributed by atoms with Crippen molar-refractivity contribution in [2.24, 2.45) is 0 Å². The van der Waals surface area contributed by atoms with E-state index in [9.17, 15) is 4.79 Å². The maximum atomic E-state index is 11.6. The van der Waals surface area contributed by atoms with Crippen LogP contribution in [0.2, 0.25) is 0 Å². The van der Waals surface area contributed by atoms with Crippen LogP contribution in [-0.4, -0.2) is 20.3 Å². The van der Waals surface area contributed by atoms with Gasteiger partial charge in [0.2, 0.25) is 5.95 Å². The van der Waals surface area contributed by atoms with E-state index in [1.165, 1.54) is 0 Å². The summed E-state index contributed by atoms with van der Waals surface area (Å²) in [6.07, 6.45) is 2.50. The second-order valence-corrected chi connectivity index (χ2v) is 5.08. The van der Waals surface area contributed by atoms with Crippen molar-refractivity contribution >= 4 is 28.5 Å². The number of rotatable bonds is 6. The van der Waals surface area contributed by atoms with Crippen LogP contribution in [-0.2, 0) is 4.79 Å². The Morgan fingerprint density at radius 2 is 2.16 bits per heavy atom. The molecule has 0 amide bonds. The Labute approximate surface area is 116 Å². The lowest BCUT2D eigenvalue weighted by molar-refractivity contribution is -0.111. The predicted octanol–water partition coefficient (Wildman–Crippen LogP) is 3.36. The van der Waals surface area contributed by atoms with Crippen LogP contribution in [0.25, 0.3) is 0 Å². The molecule has 0 saturated carbocycles. The van der Waals surface area contributed by atoms with Gasteiger partial charge in [0, 0.05) is 12.1 Å². The molecule has 5 nitrogen and oxygen atoms in total. The van der Waals surface area contributed by atoms with Gasteiger partial charge >= 0.3 is 0 Å². The molecule has 0 aliphatic carbocycles. The summed E-state index contributed by atoms with van der Waals surface area (Å²) in [5.74, 6) is 0.469. The van der Waals surface area contributed by atoms with E-state index in [-0.39, 0.29) is 5.12 Å². The van der Waals surface area contributed by atoms with Crippen molar-refractivity contribution in [1.29, 1.82) is 0 Å². The molecule has 0 fully saturated rings. The quantitative estimate of drug-likeness (QED) is 0.792. The van der Waals surface area contributed by atoms with E-state index in [1.54, 1.807) is 0 Å². The standard InChI is InChI=1S/C13H16N4OS/c1-2-3-9-11(18)19-13-15-12(16-17-13)14-10-7-5-4-6-8-10/h4-8H,2-3,9H2,1H3,(H2,14,15,16,17). The number of nitrogens with one attached hydrogen (secondary N) is 2. The number of nitrogens with zero attached hydrogens (tertiary/aromatic N) is 2. The molecule has 2 rings (SSSR count). The van der Waals surface area contributed by atoms with Gasteiger partial charge in [0.05, 0.1) is 0 Å². The summed E-state index contributed by atoms with van der Waals surface area (Å²) in [6.45, 7) is 2.06. The van der Waals surface area contributed by atoms with Gasteiger partial charge in [-0.05, 0) is 30.3 Å². The largest absolute Gasteiger partial charge is 0.323 e. The second kappa shape index (κ2) is 6.94. The fraction of sp³-hybridized carbons (Fsp3) is 0.308. The van der Waals surface area contributed by atoms with Crippen molar-refractivity contribution < 1.29 is 4.79 Å². The fourth-order valence-electron chi connectivity index (χ4n) is 1.48. The molecular weight excluding hydrogens is 260 g/mol. The number of hydrogen-bond donors (Lipinski definition) is 2. The van der Waals surface area contributed by atoms with Gasteiger partial charge in [-0.15, -0.1) is 5.10 Å². The van der Waals surface area contributed by atoms with Crippen molar-refractivity contribution in [2.75, 3.05) is 5.32 Å². The maximum absolute atomic E-state index is 11.6. The molecule has 0 aliphatic heterocycles. The summed E-state index contributed by atoms with van der Waals surface area (Å²) in [5.41, 5.74) is 0.912. The monoisotopic (exact) mass is 276 g/mol. The van der Waals surface area contributed by atoms with Gasteiger partial charge in [0.1, 0.15) is 0 Å². The first kappa shape index (κ1) is 13.6. The number of carbonyl (C=O) groups is 1. The lowest BCUT2D eigenvalue weighted by Crippen LogP contribution is -1.93. The minimum absolute atomic E-state index is 0.115. The van der Waals surface area contributed by atoms with E-state index in [1.807, 2.05) is 30.3 Å². The lowest BCUT2D eigenvalue weighted by Gasteiger charge is -1.99. The Morgan fingerprint density at radius 3 is 2.89 bits per heavy atom. The number of unbranched alkanes of at least 4 members (excludes halogenated alkanes) is 1. The molecule has 2 N–H and O–H groups in total. The van der Waals surface area contributed by atoms with Crippen molar-refractivity contribution in [3.05, 3.63) is 30.3 Å². The van der Waals surface area contributed by atoms with Gasteiger partial charge in [0.25, 0.3) is 0 Å². The van der Waals surface area contributed by atoms with Crippen molar-refractivity contribution in [1.82, 2.24) is 15.2 Å². The van der Waals surface area contributed by atoms with Gasteiger partial charge < -0.3 is 5.32 Å². The zero-order valence-corrected chi connectivity index (χ0v) is 11.5. The average molecular weight is 276 g/mol. The van der Waals surface area contributed by atoms with E-state index >= 15 is 0 Å². The number of anilines is 2. The van der Waals surface area contributed by atoms with E-state index < -0.39 is 0 Å². The van der Waals surface area contributed by atoms with Crippen LogP contribution in [0.1, 0.15) is 26.2 Å². The lowest BCUT2D eigenvalue weighted by atomic mass is 10.3. The third-order valence-corrected chi connectivity index (χ3v) is 3.25. The molecular formula is C13H16N4OS. The highest BCUT2D eigenvalue weighted by Gasteiger charge is 2.09. The molecule has 19 heavy (non-hydrogen) atoms. The highest BCUT2D eigenvalue weighted by molar-refractivity contribution is 8.13. The van der Waals surface area contributed by atoms with E-state index in [0.29, 0.717) is 17.5 Å². The Hall–Kier alpha value is -1.82. The number of aromatic amines is 1. The number of hydrogen-bond acceptors (Lipinski definition) is 5. The number of para-hydroxylation sites is 1. The first-order valence-electron chi connectivity index (χ1n) is 6.23. The normalized spacial score (nSPS) is 10.4. The zero-order valence-electron chi connectivity index (χ0n) is 10.7. The van der Waals surface area contributed by atoms with Crippen LogP contribution in [0.4, 0.5) is 11.6 Å². The van der Waals surface area contributed by atoms with E-state index in [0.717, 1.165) is 30.3 Å².